The fraction of sp³-hybridized carbons (Fsp3) is 0.312. The number of rotatable bonds is 12. The van der Waals surface area contributed by atoms with Crippen LogP contribution in [0.1, 0.15) is 53.9 Å². The SMILES string of the molecule is Cc1c(C(F)(CC(C)C)Nc2ccc(C(=O)N(C)CCC(=O)O)cc2)oc2ccc(OCc3ccccc3)cc12. The minimum Gasteiger partial charge on any atom is -0.489 e. The van der Waals surface area contributed by atoms with E-state index in [-0.39, 0.29) is 37.0 Å². The lowest BCUT2D eigenvalue weighted by Gasteiger charge is -2.28. The Morgan fingerprint density at radius 2 is 1.77 bits per heavy atom. The van der Waals surface area contributed by atoms with Gasteiger partial charge in [0.2, 0.25) is 5.79 Å². The summed E-state index contributed by atoms with van der Waals surface area (Å²) in [5, 5.41) is 12.6. The Balaban J connectivity index is 1.56. The van der Waals surface area contributed by atoms with Crippen molar-refractivity contribution >= 4 is 28.5 Å². The van der Waals surface area contributed by atoms with Gasteiger partial charge in [-0.05, 0) is 60.9 Å². The Kier molecular flexibility index (Phi) is 8.77. The average Bonchev–Trinajstić information content (AvgIpc) is 3.27. The van der Waals surface area contributed by atoms with Gasteiger partial charge in [-0.3, -0.25) is 9.59 Å². The van der Waals surface area contributed by atoms with Crippen molar-refractivity contribution in [2.45, 2.75) is 46.0 Å². The van der Waals surface area contributed by atoms with Gasteiger partial charge in [0.1, 0.15) is 17.9 Å². The first-order valence-corrected chi connectivity index (χ1v) is 13.3. The molecule has 0 saturated heterocycles. The van der Waals surface area contributed by atoms with Gasteiger partial charge in [0, 0.05) is 42.2 Å². The van der Waals surface area contributed by atoms with Crippen LogP contribution in [0.3, 0.4) is 0 Å². The van der Waals surface area contributed by atoms with Gasteiger partial charge < -0.3 is 24.5 Å². The van der Waals surface area contributed by atoms with Crippen LogP contribution in [-0.4, -0.2) is 35.5 Å². The predicted octanol–water partition coefficient (Wildman–Crippen LogP) is 7.15. The Hall–Kier alpha value is -4.33. The number of nitrogens with one attached hydrogen (secondary N) is 1. The zero-order chi connectivity index (χ0) is 28.9. The quantitative estimate of drug-likeness (QED) is 0.183. The number of anilines is 1. The summed E-state index contributed by atoms with van der Waals surface area (Å²) >= 11 is 0. The molecule has 0 radical (unpaired) electrons. The lowest BCUT2D eigenvalue weighted by atomic mass is 9.96. The highest BCUT2D eigenvalue weighted by molar-refractivity contribution is 5.94. The molecule has 40 heavy (non-hydrogen) atoms. The summed E-state index contributed by atoms with van der Waals surface area (Å²) in [5.41, 5.74) is 3.17. The molecule has 1 heterocycles. The van der Waals surface area contributed by atoms with Crippen molar-refractivity contribution < 1.29 is 28.2 Å². The van der Waals surface area contributed by atoms with Crippen molar-refractivity contribution in [3.8, 4) is 5.75 Å². The molecule has 0 aliphatic heterocycles. The van der Waals surface area contributed by atoms with Crippen molar-refractivity contribution in [1.29, 1.82) is 0 Å². The molecule has 1 atom stereocenters. The number of carboxylic acid groups (broad SMARTS) is 1. The number of nitrogens with zero attached hydrogens (tertiary/aromatic N) is 1. The molecule has 4 rings (SSSR count). The van der Waals surface area contributed by atoms with Crippen molar-refractivity contribution in [3.63, 3.8) is 0 Å². The van der Waals surface area contributed by atoms with Crippen LogP contribution in [-0.2, 0) is 17.2 Å². The molecule has 0 spiro atoms. The van der Waals surface area contributed by atoms with Crippen LogP contribution < -0.4 is 10.1 Å². The van der Waals surface area contributed by atoms with E-state index in [1.54, 1.807) is 37.4 Å². The van der Waals surface area contributed by atoms with E-state index in [1.807, 2.05) is 63.2 Å². The summed E-state index contributed by atoms with van der Waals surface area (Å²) in [6, 6.07) is 21.8. The highest BCUT2D eigenvalue weighted by Gasteiger charge is 2.38. The van der Waals surface area contributed by atoms with Gasteiger partial charge in [-0.15, -0.1) is 0 Å². The van der Waals surface area contributed by atoms with Crippen LogP contribution in [0.4, 0.5) is 10.1 Å². The fourth-order valence-corrected chi connectivity index (χ4v) is 4.68. The van der Waals surface area contributed by atoms with Crippen LogP contribution in [0.25, 0.3) is 11.0 Å². The number of furan rings is 1. The highest BCUT2D eigenvalue weighted by atomic mass is 19.1. The van der Waals surface area contributed by atoms with E-state index in [4.69, 9.17) is 14.3 Å². The van der Waals surface area contributed by atoms with Crippen molar-refractivity contribution in [3.05, 3.63) is 95.2 Å². The molecule has 3 aromatic carbocycles. The molecule has 0 aliphatic carbocycles. The molecule has 210 valence electrons. The topological polar surface area (TPSA) is 92.0 Å². The zero-order valence-electron chi connectivity index (χ0n) is 23.2. The summed E-state index contributed by atoms with van der Waals surface area (Å²) in [7, 11) is 1.55. The van der Waals surface area contributed by atoms with Crippen LogP contribution in [0.15, 0.2) is 77.2 Å². The summed E-state index contributed by atoms with van der Waals surface area (Å²) in [4.78, 5) is 24.8. The number of benzene rings is 3. The summed E-state index contributed by atoms with van der Waals surface area (Å²) in [5.74, 6) is -2.41. The number of hydrogen-bond donors (Lipinski definition) is 2. The number of alkyl halides is 1. The van der Waals surface area contributed by atoms with E-state index in [9.17, 15) is 9.59 Å². The Morgan fingerprint density at radius 3 is 2.42 bits per heavy atom. The second-order valence-corrected chi connectivity index (χ2v) is 10.5. The molecule has 0 aliphatic rings. The molecule has 0 bridgehead atoms. The summed E-state index contributed by atoms with van der Waals surface area (Å²) in [6.07, 6.45) is 0.0165. The molecule has 8 heteroatoms. The van der Waals surface area contributed by atoms with E-state index in [0.717, 1.165) is 10.9 Å². The van der Waals surface area contributed by atoms with Gasteiger partial charge in [0.25, 0.3) is 5.91 Å². The maximum absolute atomic E-state index is 16.8. The molecule has 0 saturated carbocycles. The molecule has 1 aromatic heterocycles. The Labute approximate surface area is 233 Å². The maximum atomic E-state index is 16.8. The summed E-state index contributed by atoms with van der Waals surface area (Å²) < 4.78 is 28.9. The Bertz CT molecular complexity index is 1470. The molecule has 1 amide bonds. The number of carbonyl (C=O) groups is 2. The first-order chi connectivity index (χ1) is 19.1. The van der Waals surface area contributed by atoms with Gasteiger partial charge in [-0.1, -0.05) is 44.2 Å². The summed E-state index contributed by atoms with van der Waals surface area (Å²) in [6.45, 7) is 6.25. The van der Waals surface area contributed by atoms with E-state index >= 15 is 4.39 Å². The van der Waals surface area contributed by atoms with Gasteiger partial charge in [0.05, 0.1) is 6.42 Å². The molecule has 1 unspecified atom stereocenters. The minimum atomic E-state index is -2.01. The average molecular weight is 547 g/mol. The third-order valence-electron chi connectivity index (χ3n) is 6.69. The second-order valence-electron chi connectivity index (χ2n) is 10.5. The number of aryl methyl sites for hydroxylation is 1. The number of amides is 1. The van der Waals surface area contributed by atoms with Crippen LogP contribution in [0.5, 0.6) is 5.75 Å². The normalized spacial score (nSPS) is 12.8. The van der Waals surface area contributed by atoms with Crippen LogP contribution in [0, 0.1) is 12.8 Å². The minimum absolute atomic E-state index is 0.0126. The Morgan fingerprint density at radius 1 is 1.07 bits per heavy atom. The number of halogens is 1. The van der Waals surface area contributed by atoms with Crippen LogP contribution >= 0.6 is 0 Å². The monoisotopic (exact) mass is 546 g/mol. The van der Waals surface area contributed by atoms with E-state index < -0.39 is 11.8 Å². The first kappa shape index (κ1) is 28.7. The second kappa shape index (κ2) is 12.2. The number of hydrogen-bond acceptors (Lipinski definition) is 5. The molecule has 4 aromatic rings. The molecule has 2 N–H and O–H groups in total. The van der Waals surface area contributed by atoms with Crippen LogP contribution in [0.2, 0.25) is 0 Å². The largest absolute Gasteiger partial charge is 0.489 e. The standard InChI is InChI=1S/C32H35FN2O5/c1-21(2)19-32(33,34-25-12-10-24(11-13-25)31(38)35(4)17-16-29(36)37)30-22(3)27-18-26(14-15-28(27)40-30)39-20-23-8-6-5-7-9-23/h5-15,18,21,34H,16-17,19-20H2,1-4H3,(H,36,37). The van der Waals surface area contributed by atoms with Crippen molar-refractivity contribution in [1.82, 2.24) is 4.90 Å². The van der Waals surface area contributed by atoms with Crippen molar-refractivity contribution in [2.24, 2.45) is 5.92 Å². The lowest BCUT2D eigenvalue weighted by molar-refractivity contribution is -0.137. The smallest absolute Gasteiger partial charge is 0.305 e. The highest BCUT2D eigenvalue weighted by Crippen LogP contribution is 2.41. The third kappa shape index (κ3) is 6.81. The zero-order valence-corrected chi connectivity index (χ0v) is 23.2. The molecular weight excluding hydrogens is 511 g/mol. The van der Waals surface area contributed by atoms with Gasteiger partial charge in [-0.2, -0.15) is 0 Å². The molecule has 0 fully saturated rings. The third-order valence-corrected chi connectivity index (χ3v) is 6.69. The number of ether oxygens (including phenoxy) is 1. The van der Waals surface area contributed by atoms with Crippen molar-refractivity contribution in [2.75, 3.05) is 18.9 Å². The number of fused-ring (bicyclic) bond motifs is 1. The number of carboxylic acids is 1. The lowest BCUT2D eigenvalue weighted by Crippen LogP contribution is -2.32. The van der Waals surface area contributed by atoms with Gasteiger partial charge in [0.15, 0.2) is 5.76 Å². The van der Waals surface area contributed by atoms with E-state index in [1.165, 1.54) is 4.90 Å². The fourth-order valence-electron chi connectivity index (χ4n) is 4.68. The van der Waals surface area contributed by atoms with E-state index in [2.05, 4.69) is 5.32 Å². The van der Waals surface area contributed by atoms with E-state index in [0.29, 0.717) is 34.8 Å². The molecule has 7 nitrogen and oxygen atoms in total. The maximum Gasteiger partial charge on any atom is 0.305 e. The van der Waals surface area contributed by atoms with Gasteiger partial charge in [-0.25, -0.2) is 4.39 Å². The number of carbonyl (C=O) groups excluding carboxylic acids is 1. The number of aliphatic carboxylic acids is 1. The predicted molar refractivity (Wildman–Crippen MR) is 153 cm³/mol. The first-order valence-electron chi connectivity index (χ1n) is 13.3. The molecular formula is C32H35FN2O5. The van der Waals surface area contributed by atoms with Gasteiger partial charge >= 0.3 is 5.97 Å².